The molecule has 0 radical (unpaired) electrons. The summed E-state index contributed by atoms with van der Waals surface area (Å²) in [6.45, 7) is 5.95. The highest BCUT2D eigenvalue weighted by atomic mass is 35.5. The van der Waals surface area contributed by atoms with Crippen LogP contribution in [0, 0.1) is 0 Å². The summed E-state index contributed by atoms with van der Waals surface area (Å²) in [5.74, 6) is 0.0831. The van der Waals surface area contributed by atoms with E-state index in [1.807, 2.05) is 49.0 Å². The molecule has 1 aromatic heterocycles. The smallest absolute Gasteiger partial charge is 0.200 e. The number of aromatic nitrogens is 1. The number of halogens is 2. The Morgan fingerprint density at radius 2 is 1.19 bits per heavy atom. The predicted octanol–water partition coefficient (Wildman–Crippen LogP) is 6.70. The number of sulfone groups is 2. The third-order valence-electron chi connectivity index (χ3n) is 9.42. The summed E-state index contributed by atoms with van der Waals surface area (Å²) >= 11 is 12.3. The summed E-state index contributed by atoms with van der Waals surface area (Å²) in [7, 11) is 0.823. The van der Waals surface area contributed by atoms with Gasteiger partial charge in [-0.2, -0.15) is 0 Å². The van der Waals surface area contributed by atoms with Gasteiger partial charge in [-0.05, 0) is 104 Å². The van der Waals surface area contributed by atoms with Gasteiger partial charge in [-0.1, -0.05) is 44.0 Å². The maximum atomic E-state index is 13.4. The van der Waals surface area contributed by atoms with E-state index in [1.54, 1.807) is 12.1 Å². The minimum Gasteiger partial charge on any atom is -0.504 e. The van der Waals surface area contributed by atoms with Crippen molar-refractivity contribution >= 4 is 59.7 Å². The first-order valence-corrected chi connectivity index (χ1v) is 19.8. The predicted molar refractivity (Wildman–Crippen MR) is 189 cm³/mol. The number of nitrogens with two attached hydrogens (primary N) is 1. The minimum atomic E-state index is -3.68. The first-order valence-electron chi connectivity index (χ1n) is 15.9. The minimum absolute atomic E-state index is 0.0245. The first kappa shape index (κ1) is 37.7. The van der Waals surface area contributed by atoms with Crippen molar-refractivity contribution in [3.05, 3.63) is 40.2 Å². The van der Waals surface area contributed by atoms with Crippen LogP contribution in [0.2, 0.25) is 10.0 Å². The molecule has 2 aliphatic carbocycles. The second kappa shape index (κ2) is 14.4. The average Bonchev–Trinajstić information content (AvgIpc) is 3.44. The number of fused-ring (bicyclic) bond motifs is 1. The van der Waals surface area contributed by atoms with Gasteiger partial charge >= 0.3 is 0 Å². The summed E-state index contributed by atoms with van der Waals surface area (Å²) in [5.41, 5.74) is 6.15. The van der Waals surface area contributed by atoms with E-state index in [4.69, 9.17) is 33.4 Å². The van der Waals surface area contributed by atoms with Crippen LogP contribution in [-0.2, 0) is 25.1 Å². The van der Waals surface area contributed by atoms with Crippen molar-refractivity contribution in [1.82, 2.24) is 14.8 Å². The molecule has 0 atom stereocenters. The fraction of sp³-hybridized carbons (Fsp3) is 0.606. The number of hydrogen-bond acceptors (Lipinski definition) is 10. The number of phenolic OH excluding ortho intramolecular Hbond substituents is 1. The molecular formula is C33H48Cl2N4O6S2. The van der Waals surface area contributed by atoms with Crippen LogP contribution in [0.3, 0.4) is 0 Å². The number of benzene rings is 2. The van der Waals surface area contributed by atoms with Crippen molar-refractivity contribution in [1.29, 1.82) is 0 Å². The van der Waals surface area contributed by atoms with Crippen molar-refractivity contribution in [2.75, 3.05) is 33.9 Å². The highest BCUT2D eigenvalue weighted by molar-refractivity contribution is 7.92. The average molecular weight is 732 g/mol. The zero-order chi connectivity index (χ0) is 35.1. The van der Waals surface area contributed by atoms with E-state index in [1.165, 1.54) is 12.1 Å². The molecule has 1 heterocycles. The third-order valence-corrected chi connectivity index (χ3v) is 14.9. The molecule has 262 valence electrons. The van der Waals surface area contributed by atoms with Gasteiger partial charge in [0.2, 0.25) is 5.89 Å². The van der Waals surface area contributed by atoms with Crippen LogP contribution in [0.5, 0.6) is 5.75 Å². The fourth-order valence-electron chi connectivity index (χ4n) is 6.44. The van der Waals surface area contributed by atoms with E-state index in [0.29, 0.717) is 49.2 Å². The summed E-state index contributed by atoms with van der Waals surface area (Å²) in [6.07, 6.45) is 5.78. The molecule has 0 bridgehead atoms. The molecule has 10 nitrogen and oxygen atoms in total. The standard InChI is InChI=1S/C19H27ClN2O3S.C14H21ClN2O3S/c1-19(2,3)18-21-15-11-10-14(20)17(16(15)25-18)26(23,24)13-8-6-12(7-9-13)22(4)5;1-17(2)9-3-5-10(6-4-9)21(19,20)14-11(15)7-8-12(16)13(14)18/h10-13H,6-9H2,1-5H3;7-10,18H,3-6,16H2,1-2H3. The quantitative estimate of drug-likeness (QED) is 0.207. The second-order valence-electron chi connectivity index (χ2n) is 14.2. The molecule has 2 aromatic carbocycles. The number of hydrogen-bond donors (Lipinski definition) is 2. The van der Waals surface area contributed by atoms with Crippen molar-refractivity contribution in [2.24, 2.45) is 0 Å². The molecule has 0 amide bonds. The lowest BCUT2D eigenvalue weighted by molar-refractivity contribution is 0.230. The first-order chi connectivity index (χ1) is 21.8. The van der Waals surface area contributed by atoms with Gasteiger partial charge in [-0.3, -0.25) is 0 Å². The van der Waals surface area contributed by atoms with Gasteiger partial charge in [-0.15, -0.1) is 0 Å². The van der Waals surface area contributed by atoms with Gasteiger partial charge in [0.1, 0.15) is 15.3 Å². The summed E-state index contributed by atoms with van der Waals surface area (Å²) < 4.78 is 58.1. The van der Waals surface area contributed by atoms with Gasteiger partial charge in [0, 0.05) is 17.5 Å². The van der Waals surface area contributed by atoms with Crippen LogP contribution in [0.4, 0.5) is 5.69 Å². The Labute approximate surface area is 289 Å². The third kappa shape index (κ3) is 8.05. The lowest BCUT2D eigenvalue weighted by atomic mass is 9.94. The van der Waals surface area contributed by atoms with Crippen LogP contribution in [0.15, 0.2) is 38.5 Å². The molecule has 0 saturated heterocycles. The van der Waals surface area contributed by atoms with E-state index in [-0.39, 0.29) is 36.5 Å². The Morgan fingerprint density at radius 3 is 1.64 bits per heavy atom. The van der Waals surface area contributed by atoms with Crippen LogP contribution < -0.4 is 5.73 Å². The van der Waals surface area contributed by atoms with Gasteiger partial charge in [0.05, 0.1) is 26.2 Å². The fourth-order valence-corrected chi connectivity index (χ4v) is 11.3. The Bertz CT molecular complexity index is 1790. The molecule has 14 heteroatoms. The number of nitrogens with zero attached hydrogens (tertiary/aromatic N) is 3. The maximum Gasteiger partial charge on any atom is 0.200 e. The van der Waals surface area contributed by atoms with Gasteiger partial charge in [-0.25, -0.2) is 21.8 Å². The highest BCUT2D eigenvalue weighted by Gasteiger charge is 2.38. The van der Waals surface area contributed by atoms with Crippen molar-refractivity contribution in [3.63, 3.8) is 0 Å². The van der Waals surface area contributed by atoms with E-state index >= 15 is 0 Å². The van der Waals surface area contributed by atoms with E-state index in [0.717, 1.165) is 25.7 Å². The molecule has 2 saturated carbocycles. The molecule has 0 aliphatic heterocycles. The molecule has 47 heavy (non-hydrogen) atoms. The van der Waals surface area contributed by atoms with Gasteiger partial charge in [0.15, 0.2) is 31.0 Å². The summed E-state index contributed by atoms with van der Waals surface area (Å²) in [5, 5.41) is 9.28. The molecule has 0 unspecified atom stereocenters. The van der Waals surface area contributed by atoms with Crippen molar-refractivity contribution in [3.8, 4) is 5.75 Å². The van der Waals surface area contributed by atoms with Crippen LogP contribution in [0.1, 0.15) is 78.0 Å². The summed E-state index contributed by atoms with van der Waals surface area (Å²) in [4.78, 5) is 8.65. The van der Waals surface area contributed by atoms with Crippen LogP contribution in [0.25, 0.3) is 11.1 Å². The molecule has 3 N–H and O–H groups in total. The van der Waals surface area contributed by atoms with Crippen LogP contribution >= 0.6 is 23.2 Å². The summed E-state index contributed by atoms with van der Waals surface area (Å²) in [6, 6.07) is 6.98. The van der Waals surface area contributed by atoms with Crippen molar-refractivity contribution in [2.45, 2.75) is 110 Å². The van der Waals surface area contributed by atoms with Crippen molar-refractivity contribution < 1.29 is 26.4 Å². The topological polar surface area (TPSA) is 147 Å². The zero-order valence-electron chi connectivity index (χ0n) is 28.3. The van der Waals surface area contributed by atoms with E-state index in [2.05, 4.69) is 14.8 Å². The van der Waals surface area contributed by atoms with Gasteiger partial charge < -0.3 is 25.1 Å². The maximum absolute atomic E-state index is 13.4. The Kier molecular flexibility index (Phi) is 11.6. The Hall–Kier alpha value is -2.09. The second-order valence-corrected chi connectivity index (χ2v) is 19.3. The van der Waals surface area contributed by atoms with E-state index < -0.39 is 35.9 Å². The number of phenols is 1. The number of aromatic hydroxyl groups is 1. The number of nitrogen functional groups attached to an aromatic ring is 1. The monoisotopic (exact) mass is 730 g/mol. The lowest BCUT2D eigenvalue weighted by Crippen LogP contribution is -2.36. The lowest BCUT2D eigenvalue weighted by Gasteiger charge is -2.32. The normalized spacial score (nSPS) is 22.8. The molecule has 3 aromatic rings. The zero-order valence-corrected chi connectivity index (χ0v) is 31.4. The van der Waals surface area contributed by atoms with E-state index in [9.17, 15) is 21.9 Å². The SMILES string of the molecule is CN(C)C1CCC(S(=O)(=O)c2c(Cl)ccc(N)c2O)CC1.CN(C)C1CCC(S(=O)(=O)c2c(Cl)ccc3nc(C(C)(C)C)oc23)CC1. The number of oxazole rings is 1. The Balaban J connectivity index is 0.000000218. The molecule has 5 rings (SSSR count). The van der Waals surface area contributed by atoms with Crippen LogP contribution in [-0.4, -0.2) is 87.5 Å². The number of anilines is 1. The molecular weight excluding hydrogens is 683 g/mol. The molecule has 0 spiro atoms. The highest BCUT2D eigenvalue weighted by Crippen LogP contribution is 2.41. The largest absolute Gasteiger partial charge is 0.504 e. The van der Waals surface area contributed by atoms with Gasteiger partial charge in [0.25, 0.3) is 0 Å². The molecule has 2 aliphatic rings. The number of rotatable bonds is 6. The molecule has 2 fully saturated rings. The Morgan fingerprint density at radius 1 is 0.766 bits per heavy atom.